The van der Waals surface area contributed by atoms with Crippen LogP contribution >= 0.6 is 0 Å². The number of para-hydroxylation sites is 1. The van der Waals surface area contributed by atoms with Gasteiger partial charge in [0.2, 0.25) is 0 Å². The largest absolute Gasteiger partial charge is 0.496 e. The highest BCUT2D eigenvalue weighted by Gasteiger charge is 2.24. The first kappa shape index (κ1) is 18.0. The molecule has 28 heavy (non-hydrogen) atoms. The van der Waals surface area contributed by atoms with Crippen molar-refractivity contribution in [2.75, 3.05) is 13.7 Å². The van der Waals surface area contributed by atoms with E-state index in [-0.39, 0.29) is 23.5 Å². The molecule has 0 radical (unpaired) electrons. The van der Waals surface area contributed by atoms with E-state index >= 15 is 0 Å². The topological polar surface area (TPSA) is 73.6 Å². The Hall–Kier alpha value is -3.35. The summed E-state index contributed by atoms with van der Waals surface area (Å²) in [5.41, 5.74) is 1.62. The molecule has 6 nitrogen and oxygen atoms in total. The number of nitrogens with zero attached hydrogens (tertiary/aromatic N) is 1. The number of benzene rings is 2. The molecule has 1 unspecified atom stereocenters. The lowest BCUT2D eigenvalue weighted by Gasteiger charge is -2.17. The van der Waals surface area contributed by atoms with Gasteiger partial charge >= 0.3 is 0 Å². The van der Waals surface area contributed by atoms with Crippen molar-refractivity contribution in [3.63, 3.8) is 0 Å². The Labute approximate surface area is 161 Å². The Morgan fingerprint density at radius 2 is 2.11 bits per heavy atom. The van der Waals surface area contributed by atoms with Crippen LogP contribution in [0.4, 0.5) is 4.39 Å². The van der Waals surface area contributed by atoms with Gasteiger partial charge in [0.15, 0.2) is 11.5 Å². The van der Waals surface area contributed by atoms with E-state index in [4.69, 9.17) is 14.0 Å². The molecule has 0 spiro atoms. The van der Waals surface area contributed by atoms with E-state index in [0.29, 0.717) is 35.9 Å². The molecular weight excluding hydrogens is 363 g/mol. The molecule has 0 saturated carbocycles. The van der Waals surface area contributed by atoms with Gasteiger partial charge in [-0.2, -0.15) is 0 Å². The second kappa shape index (κ2) is 7.72. The Morgan fingerprint density at radius 1 is 1.25 bits per heavy atom. The number of methoxy groups -OCH3 is 1. The van der Waals surface area contributed by atoms with Crippen molar-refractivity contribution in [2.45, 2.75) is 18.9 Å². The summed E-state index contributed by atoms with van der Waals surface area (Å²) in [6.45, 7) is 0.477. The van der Waals surface area contributed by atoms with Crippen molar-refractivity contribution in [2.24, 2.45) is 0 Å². The van der Waals surface area contributed by atoms with Gasteiger partial charge in [-0.1, -0.05) is 23.4 Å². The number of nitrogens with one attached hydrogen (secondary N) is 1. The number of hydrogen-bond donors (Lipinski definition) is 1. The maximum atomic E-state index is 13.5. The molecule has 144 valence electrons. The van der Waals surface area contributed by atoms with E-state index in [1.165, 1.54) is 12.1 Å². The van der Waals surface area contributed by atoms with E-state index in [1.807, 2.05) is 18.2 Å². The van der Waals surface area contributed by atoms with Gasteiger partial charge in [-0.25, -0.2) is 4.39 Å². The van der Waals surface area contributed by atoms with Crippen molar-refractivity contribution in [1.82, 2.24) is 10.5 Å². The fraction of sp³-hybridized carbons (Fsp3) is 0.238. The summed E-state index contributed by atoms with van der Waals surface area (Å²) in [6.07, 6.45) is 1.42. The summed E-state index contributed by atoms with van der Waals surface area (Å²) in [4.78, 5) is 12.7. The number of hydrogen-bond acceptors (Lipinski definition) is 5. The van der Waals surface area contributed by atoms with Crippen molar-refractivity contribution in [3.8, 4) is 22.8 Å². The Morgan fingerprint density at radius 3 is 2.96 bits per heavy atom. The number of carbonyl (C=O) groups excluding carboxylic acids is 1. The summed E-state index contributed by atoms with van der Waals surface area (Å²) in [6, 6.07) is 13.0. The van der Waals surface area contributed by atoms with Crippen LogP contribution in [0.2, 0.25) is 0 Å². The van der Waals surface area contributed by atoms with Crippen molar-refractivity contribution in [3.05, 3.63) is 65.6 Å². The first-order valence-electron chi connectivity index (χ1n) is 8.99. The van der Waals surface area contributed by atoms with Crippen LogP contribution in [-0.2, 0) is 0 Å². The average molecular weight is 382 g/mol. The summed E-state index contributed by atoms with van der Waals surface area (Å²) < 4.78 is 29.8. The number of halogens is 1. The minimum atomic E-state index is -0.372. The fourth-order valence-electron chi connectivity index (χ4n) is 3.29. The zero-order valence-electron chi connectivity index (χ0n) is 15.3. The average Bonchev–Trinajstić information content (AvgIpc) is 3.12. The molecular formula is C21H19FN2O4. The highest BCUT2D eigenvalue weighted by molar-refractivity contribution is 5.93. The number of amides is 1. The zero-order valence-corrected chi connectivity index (χ0v) is 15.3. The van der Waals surface area contributed by atoms with Crippen LogP contribution in [-0.4, -0.2) is 24.8 Å². The molecule has 0 fully saturated rings. The Bertz CT molecular complexity index is 1000. The van der Waals surface area contributed by atoms with Gasteiger partial charge < -0.3 is 19.3 Å². The standard InChI is InChI=1S/C21H19FN2O4/c1-26-18-7-3-2-5-15(18)20-12-17(24-28-20)21(25)23-16-6-4-10-27-19-11-13(22)8-9-14(16)19/h2-3,5,7-9,11-12,16H,4,6,10H2,1H3,(H,23,25). The Balaban J connectivity index is 1.56. The van der Waals surface area contributed by atoms with E-state index in [9.17, 15) is 9.18 Å². The van der Waals surface area contributed by atoms with Crippen LogP contribution in [0.25, 0.3) is 11.3 Å². The highest BCUT2D eigenvalue weighted by atomic mass is 19.1. The van der Waals surface area contributed by atoms with Crippen molar-refractivity contribution < 1.29 is 23.2 Å². The van der Waals surface area contributed by atoms with Crippen LogP contribution in [0.15, 0.2) is 53.1 Å². The minimum absolute atomic E-state index is 0.162. The predicted octanol–water partition coefficient (Wildman–Crippen LogP) is 4.13. The van der Waals surface area contributed by atoms with Gasteiger partial charge in [0.25, 0.3) is 5.91 Å². The first-order valence-corrected chi connectivity index (χ1v) is 8.99. The van der Waals surface area contributed by atoms with E-state index in [2.05, 4.69) is 10.5 Å². The third-order valence-corrected chi connectivity index (χ3v) is 4.67. The van der Waals surface area contributed by atoms with Crippen molar-refractivity contribution in [1.29, 1.82) is 0 Å². The van der Waals surface area contributed by atoms with Crippen LogP contribution < -0.4 is 14.8 Å². The normalized spacial score (nSPS) is 15.9. The lowest BCUT2D eigenvalue weighted by atomic mass is 10.0. The maximum Gasteiger partial charge on any atom is 0.273 e. The minimum Gasteiger partial charge on any atom is -0.496 e. The summed E-state index contributed by atoms with van der Waals surface area (Å²) >= 11 is 0. The van der Waals surface area contributed by atoms with E-state index in [1.54, 1.807) is 25.3 Å². The SMILES string of the molecule is COc1ccccc1-c1cc(C(=O)NC2CCCOc3cc(F)ccc32)no1. The van der Waals surface area contributed by atoms with Crippen LogP contribution in [0, 0.1) is 5.82 Å². The maximum absolute atomic E-state index is 13.5. The Kier molecular flexibility index (Phi) is 4.97. The smallest absolute Gasteiger partial charge is 0.273 e. The monoisotopic (exact) mass is 382 g/mol. The van der Waals surface area contributed by atoms with E-state index in [0.717, 1.165) is 12.0 Å². The molecule has 2 heterocycles. The zero-order chi connectivity index (χ0) is 19.5. The van der Waals surface area contributed by atoms with Crippen LogP contribution in [0.3, 0.4) is 0 Å². The molecule has 1 aliphatic heterocycles. The molecule has 2 aromatic carbocycles. The molecule has 1 amide bonds. The van der Waals surface area contributed by atoms with Gasteiger partial charge in [-0.15, -0.1) is 0 Å². The van der Waals surface area contributed by atoms with Gasteiger partial charge in [-0.3, -0.25) is 4.79 Å². The molecule has 7 heteroatoms. The summed E-state index contributed by atoms with van der Waals surface area (Å²) in [5.74, 6) is 0.783. The molecule has 0 bridgehead atoms. The molecule has 1 N–H and O–H groups in total. The molecule has 1 aliphatic rings. The molecule has 0 aliphatic carbocycles. The number of fused-ring (bicyclic) bond motifs is 1. The lowest BCUT2D eigenvalue weighted by molar-refractivity contribution is 0.0925. The molecule has 3 aromatic rings. The fourth-order valence-corrected chi connectivity index (χ4v) is 3.29. The lowest BCUT2D eigenvalue weighted by Crippen LogP contribution is -2.28. The van der Waals surface area contributed by atoms with Crippen LogP contribution in [0.5, 0.6) is 11.5 Å². The summed E-state index contributed by atoms with van der Waals surface area (Å²) in [5, 5.41) is 6.84. The number of aromatic nitrogens is 1. The summed E-state index contributed by atoms with van der Waals surface area (Å²) in [7, 11) is 1.57. The van der Waals surface area contributed by atoms with Crippen molar-refractivity contribution >= 4 is 5.91 Å². The second-order valence-corrected chi connectivity index (χ2v) is 6.48. The molecule has 1 atom stereocenters. The molecule has 0 saturated heterocycles. The first-order chi connectivity index (χ1) is 13.7. The second-order valence-electron chi connectivity index (χ2n) is 6.48. The molecule has 1 aromatic heterocycles. The number of rotatable bonds is 4. The number of ether oxygens (including phenoxy) is 2. The third kappa shape index (κ3) is 3.55. The van der Waals surface area contributed by atoms with Gasteiger partial charge in [0.1, 0.15) is 17.3 Å². The van der Waals surface area contributed by atoms with Gasteiger partial charge in [-0.05, 0) is 31.0 Å². The van der Waals surface area contributed by atoms with Gasteiger partial charge in [0, 0.05) is 17.7 Å². The molecule has 4 rings (SSSR count). The third-order valence-electron chi connectivity index (χ3n) is 4.67. The highest BCUT2D eigenvalue weighted by Crippen LogP contribution is 2.33. The quantitative estimate of drug-likeness (QED) is 0.734. The van der Waals surface area contributed by atoms with Gasteiger partial charge in [0.05, 0.1) is 25.3 Å². The van der Waals surface area contributed by atoms with E-state index < -0.39 is 0 Å². The predicted molar refractivity (Wildman–Crippen MR) is 99.8 cm³/mol. The van der Waals surface area contributed by atoms with Crippen LogP contribution in [0.1, 0.15) is 34.9 Å². The number of carbonyl (C=O) groups is 1.